The number of fused-ring (bicyclic) bond motifs is 1. The summed E-state index contributed by atoms with van der Waals surface area (Å²) < 4.78 is 13.8. The van der Waals surface area contributed by atoms with Gasteiger partial charge in [0.2, 0.25) is 0 Å². The van der Waals surface area contributed by atoms with Crippen LogP contribution in [0.15, 0.2) is 41.3 Å². The van der Waals surface area contributed by atoms with Gasteiger partial charge in [-0.15, -0.1) is 11.8 Å². The van der Waals surface area contributed by atoms with E-state index in [4.69, 9.17) is 23.2 Å². The molecule has 0 aromatic heterocycles. The number of rotatable bonds is 3. The lowest BCUT2D eigenvalue weighted by Crippen LogP contribution is -2.24. The Bertz CT molecular complexity index is 642. The molecule has 0 fully saturated rings. The molecule has 2 aromatic carbocycles. The van der Waals surface area contributed by atoms with Gasteiger partial charge in [0, 0.05) is 33.1 Å². The Morgan fingerprint density at radius 2 is 2.10 bits per heavy atom. The SMILES string of the molecule is Fc1cccc(Cl)c1CNC1CCSc2ccc(Cl)cc21. The zero-order valence-corrected chi connectivity index (χ0v) is 13.5. The topological polar surface area (TPSA) is 12.0 Å². The van der Waals surface area contributed by atoms with Crippen molar-refractivity contribution in [3.05, 3.63) is 63.4 Å². The first-order valence-electron chi connectivity index (χ1n) is 6.73. The summed E-state index contributed by atoms with van der Waals surface area (Å²) in [6.45, 7) is 0.410. The van der Waals surface area contributed by atoms with Crippen LogP contribution in [0.25, 0.3) is 0 Å². The van der Waals surface area contributed by atoms with E-state index < -0.39 is 0 Å². The van der Waals surface area contributed by atoms with Crippen LogP contribution in [0.2, 0.25) is 10.0 Å². The van der Waals surface area contributed by atoms with E-state index in [-0.39, 0.29) is 11.9 Å². The van der Waals surface area contributed by atoms with Crippen LogP contribution in [-0.2, 0) is 6.54 Å². The van der Waals surface area contributed by atoms with Crippen LogP contribution in [0, 0.1) is 5.82 Å². The van der Waals surface area contributed by atoms with Gasteiger partial charge in [0.1, 0.15) is 5.82 Å². The first kappa shape index (κ1) is 15.2. The first-order valence-corrected chi connectivity index (χ1v) is 8.48. The van der Waals surface area contributed by atoms with Crippen molar-refractivity contribution >= 4 is 35.0 Å². The van der Waals surface area contributed by atoms with Crippen molar-refractivity contribution in [2.24, 2.45) is 0 Å². The minimum absolute atomic E-state index is 0.177. The van der Waals surface area contributed by atoms with Crippen molar-refractivity contribution in [1.82, 2.24) is 5.32 Å². The van der Waals surface area contributed by atoms with Gasteiger partial charge in [0.05, 0.1) is 0 Å². The third kappa shape index (κ3) is 3.37. The summed E-state index contributed by atoms with van der Waals surface area (Å²) in [5.74, 6) is 0.767. The highest BCUT2D eigenvalue weighted by atomic mass is 35.5. The molecule has 0 radical (unpaired) electrons. The summed E-state index contributed by atoms with van der Waals surface area (Å²) in [5.41, 5.74) is 1.70. The van der Waals surface area contributed by atoms with Crippen LogP contribution in [0.3, 0.4) is 0 Å². The van der Waals surface area contributed by atoms with E-state index in [0.717, 1.165) is 17.2 Å². The quantitative estimate of drug-likeness (QED) is 0.795. The Hall–Kier alpha value is -0.740. The predicted octanol–water partition coefficient (Wildman–Crippen LogP) is 5.46. The van der Waals surface area contributed by atoms with Crippen LogP contribution >= 0.6 is 35.0 Å². The van der Waals surface area contributed by atoms with Gasteiger partial charge in [-0.05, 0) is 48.1 Å². The Balaban J connectivity index is 1.80. The Kier molecular flexibility index (Phi) is 4.75. The molecule has 0 aliphatic carbocycles. The average Bonchev–Trinajstić information content (AvgIpc) is 2.47. The molecule has 110 valence electrons. The fourth-order valence-electron chi connectivity index (χ4n) is 2.50. The molecule has 5 heteroatoms. The van der Waals surface area contributed by atoms with Crippen molar-refractivity contribution in [3.63, 3.8) is 0 Å². The maximum atomic E-state index is 13.8. The molecule has 0 saturated heterocycles. The number of halogens is 3. The largest absolute Gasteiger partial charge is 0.306 e. The molecule has 1 aliphatic heterocycles. The molecule has 2 aromatic rings. The lowest BCUT2D eigenvalue weighted by Gasteiger charge is -2.26. The molecule has 3 rings (SSSR count). The second-order valence-corrected chi connectivity index (χ2v) is 6.93. The molecule has 1 N–H and O–H groups in total. The number of hydrogen-bond donors (Lipinski definition) is 1. The van der Waals surface area contributed by atoms with Crippen LogP contribution in [-0.4, -0.2) is 5.75 Å². The smallest absolute Gasteiger partial charge is 0.129 e. The summed E-state index contributed by atoms with van der Waals surface area (Å²) >= 11 is 14.0. The van der Waals surface area contributed by atoms with E-state index in [1.807, 2.05) is 30.0 Å². The lowest BCUT2D eigenvalue weighted by atomic mass is 10.0. The van der Waals surface area contributed by atoms with E-state index in [1.54, 1.807) is 12.1 Å². The third-order valence-electron chi connectivity index (χ3n) is 3.60. The summed E-state index contributed by atoms with van der Waals surface area (Å²) in [6.07, 6.45) is 0.990. The molecule has 0 amide bonds. The highest BCUT2D eigenvalue weighted by molar-refractivity contribution is 7.99. The van der Waals surface area contributed by atoms with E-state index >= 15 is 0 Å². The Morgan fingerprint density at radius 3 is 2.90 bits per heavy atom. The molecular formula is C16H14Cl2FNS. The van der Waals surface area contributed by atoms with E-state index in [1.165, 1.54) is 16.5 Å². The molecule has 1 nitrogen and oxygen atoms in total. The van der Waals surface area contributed by atoms with Crippen molar-refractivity contribution < 1.29 is 4.39 Å². The number of thioether (sulfide) groups is 1. The highest BCUT2D eigenvalue weighted by Gasteiger charge is 2.21. The summed E-state index contributed by atoms with van der Waals surface area (Å²) in [6, 6.07) is 10.9. The van der Waals surface area contributed by atoms with Crippen molar-refractivity contribution in [3.8, 4) is 0 Å². The molecule has 1 unspecified atom stereocenters. The summed E-state index contributed by atoms with van der Waals surface area (Å²) in [4.78, 5) is 1.24. The zero-order valence-electron chi connectivity index (χ0n) is 11.2. The van der Waals surface area contributed by atoms with Crippen LogP contribution in [0.1, 0.15) is 23.6 Å². The van der Waals surface area contributed by atoms with Crippen LogP contribution < -0.4 is 5.32 Å². The summed E-state index contributed by atoms with van der Waals surface area (Å²) in [7, 11) is 0. The molecule has 1 heterocycles. The molecule has 1 aliphatic rings. The maximum absolute atomic E-state index is 13.8. The minimum Gasteiger partial charge on any atom is -0.306 e. The van der Waals surface area contributed by atoms with E-state index in [0.29, 0.717) is 17.1 Å². The molecule has 1 atom stereocenters. The van der Waals surface area contributed by atoms with Gasteiger partial charge >= 0.3 is 0 Å². The minimum atomic E-state index is -0.272. The first-order chi connectivity index (χ1) is 10.1. The van der Waals surface area contributed by atoms with E-state index in [9.17, 15) is 4.39 Å². The predicted molar refractivity (Wildman–Crippen MR) is 87.8 cm³/mol. The second-order valence-electron chi connectivity index (χ2n) is 4.95. The lowest BCUT2D eigenvalue weighted by molar-refractivity contribution is 0.497. The fourth-order valence-corrected chi connectivity index (χ4v) is 4.02. The van der Waals surface area contributed by atoms with Gasteiger partial charge in [-0.25, -0.2) is 4.39 Å². The van der Waals surface area contributed by atoms with Gasteiger partial charge in [0.25, 0.3) is 0 Å². The van der Waals surface area contributed by atoms with Crippen molar-refractivity contribution in [2.45, 2.75) is 23.9 Å². The Labute approximate surface area is 137 Å². The number of hydrogen-bond acceptors (Lipinski definition) is 2. The average molecular weight is 342 g/mol. The van der Waals surface area contributed by atoms with Gasteiger partial charge < -0.3 is 5.32 Å². The monoisotopic (exact) mass is 341 g/mol. The van der Waals surface area contributed by atoms with Crippen molar-refractivity contribution in [2.75, 3.05) is 5.75 Å². The van der Waals surface area contributed by atoms with Crippen LogP contribution in [0.5, 0.6) is 0 Å². The van der Waals surface area contributed by atoms with Crippen LogP contribution in [0.4, 0.5) is 4.39 Å². The standard InChI is InChI=1S/C16H14Cl2FNS/c17-10-4-5-16-11(8-10)15(6-7-21-16)20-9-12-13(18)2-1-3-14(12)19/h1-5,8,15,20H,6-7,9H2. The van der Waals surface area contributed by atoms with Gasteiger partial charge in [-0.3, -0.25) is 0 Å². The zero-order chi connectivity index (χ0) is 14.8. The molecule has 0 bridgehead atoms. The maximum Gasteiger partial charge on any atom is 0.129 e. The highest BCUT2D eigenvalue weighted by Crippen LogP contribution is 2.37. The molecule has 0 saturated carbocycles. The molecular weight excluding hydrogens is 328 g/mol. The van der Waals surface area contributed by atoms with Gasteiger partial charge in [-0.2, -0.15) is 0 Å². The third-order valence-corrected chi connectivity index (χ3v) is 5.31. The van der Waals surface area contributed by atoms with E-state index in [2.05, 4.69) is 5.32 Å². The molecule has 21 heavy (non-hydrogen) atoms. The normalized spacial score (nSPS) is 17.6. The van der Waals surface area contributed by atoms with Gasteiger partial charge in [0.15, 0.2) is 0 Å². The number of benzene rings is 2. The number of nitrogens with one attached hydrogen (secondary N) is 1. The Morgan fingerprint density at radius 1 is 1.24 bits per heavy atom. The van der Waals surface area contributed by atoms with Gasteiger partial charge in [-0.1, -0.05) is 29.3 Å². The van der Waals surface area contributed by atoms with Crippen molar-refractivity contribution in [1.29, 1.82) is 0 Å². The summed E-state index contributed by atoms with van der Waals surface area (Å²) in [5, 5.41) is 4.59. The second kappa shape index (κ2) is 6.57. The molecule has 0 spiro atoms. The fraction of sp³-hybridized carbons (Fsp3) is 0.250.